The van der Waals surface area contributed by atoms with Crippen molar-refractivity contribution in [3.63, 3.8) is 0 Å². The molecule has 0 spiro atoms. The summed E-state index contributed by atoms with van der Waals surface area (Å²) in [6.45, 7) is 3.83. The number of benzene rings is 1. The van der Waals surface area contributed by atoms with Crippen molar-refractivity contribution >= 4 is 22.5 Å². The van der Waals surface area contributed by atoms with Crippen LogP contribution in [-0.2, 0) is 4.84 Å². The molecule has 1 heterocycles. The molecule has 0 atom stereocenters. The molecule has 0 amide bonds. The van der Waals surface area contributed by atoms with Crippen LogP contribution in [0, 0.1) is 4.91 Å². The van der Waals surface area contributed by atoms with Gasteiger partial charge in [-0.3, -0.25) is 10.3 Å². The summed E-state index contributed by atoms with van der Waals surface area (Å²) in [6, 6.07) is 7.22. The number of rotatable bonds is 5. The van der Waals surface area contributed by atoms with Gasteiger partial charge in [-0.15, -0.1) is 11.5 Å². The fraction of sp³-hybridized carbons (Fsp3) is 0.0909. The third-order valence-electron chi connectivity index (χ3n) is 2.04. The number of hydrogen-bond acceptors (Lipinski definition) is 5. The molecule has 0 unspecified atom stereocenters. The first-order chi connectivity index (χ1) is 7.86. The lowest BCUT2D eigenvalue weighted by Gasteiger charge is -2.02. The lowest BCUT2D eigenvalue weighted by Crippen LogP contribution is -1.99. The Balaban J connectivity index is 2.39. The van der Waals surface area contributed by atoms with Crippen molar-refractivity contribution in [3.05, 3.63) is 41.8 Å². The van der Waals surface area contributed by atoms with Gasteiger partial charge >= 0.3 is 0 Å². The summed E-state index contributed by atoms with van der Waals surface area (Å²) < 4.78 is 5.23. The van der Waals surface area contributed by atoms with Crippen LogP contribution in [0.5, 0.6) is 0 Å². The minimum Gasteiger partial charge on any atom is -0.434 e. The van der Waals surface area contributed by atoms with Gasteiger partial charge in [0.05, 0.1) is 6.61 Å². The summed E-state index contributed by atoms with van der Waals surface area (Å²) in [5.41, 5.74) is 3.65. The normalized spacial score (nSPS) is 10.2. The fourth-order valence-corrected chi connectivity index (χ4v) is 1.37. The summed E-state index contributed by atoms with van der Waals surface area (Å²) in [5, 5.41) is 3.55. The van der Waals surface area contributed by atoms with Crippen LogP contribution in [0.4, 0.5) is 11.6 Å². The maximum Gasteiger partial charge on any atom is 0.287 e. The van der Waals surface area contributed by atoms with E-state index in [-0.39, 0.29) is 5.88 Å². The molecule has 16 heavy (non-hydrogen) atoms. The van der Waals surface area contributed by atoms with E-state index < -0.39 is 0 Å². The van der Waals surface area contributed by atoms with Gasteiger partial charge in [0.2, 0.25) is 0 Å². The van der Waals surface area contributed by atoms with Crippen molar-refractivity contribution in [2.75, 3.05) is 12.1 Å². The molecule has 5 nitrogen and oxygen atoms in total. The zero-order chi connectivity index (χ0) is 11.4. The van der Waals surface area contributed by atoms with Gasteiger partial charge < -0.3 is 4.42 Å². The maximum atomic E-state index is 10.6. The average molecular weight is 218 g/mol. The monoisotopic (exact) mass is 218 g/mol. The molecule has 2 rings (SSSR count). The number of furan rings is 1. The molecule has 0 radical (unpaired) electrons. The molecular formula is C11H10N2O3. The standard InChI is InChI=1S/C11H10N2O3/c1-2-7-15-13-10-8-5-3-4-6-9(8)16-11(10)12-14/h2-6,13H,1,7H2. The fourth-order valence-electron chi connectivity index (χ4n) is 1.37. The number of hydrogen-bond donors (Lipinski definition) is 1. The van der Waals surface area contributed by atoms with Crippen molar-refractivity contribution in [1.29, 1.82) is 0 Å². The van der Waals surface area contributed by atoms with Gasteiger partial charge in [-0.2, -0.15) is 0 Å². The Morgan fingerprint density at radius 1 is 1.50 bits per heavy atom. The second-order valence-corrected chi connectivity index (χ2v) is 3.07. The zero-order valence-electron chi connectivity index (χ0n) is 8.47. The van der Waals surface area contributed by atoms with Crippen LogP contribution in [0.25, 0.3) is 11.0 Å². The number of nitroso groups, excluding NO2 is 1. The highest BCUT2D eigenvalue weighted by Crippen LogP contribution is 2.36. The molecule has 82 valence electrons. The van der Waals surface area contributed by atoms with Gasteiger partial charge in [0.1, 0.15) is 11.3 Å². The molecular weight excluding hydrogens is 208 g/mol. The number of fused-ring (bicyclic) bond motifs is 1. The van der Waals surface area contributed by atoms with E-state index in [1.54, 1.807) is 12.1 Å². The SMILES string of the molecule is C=CCONc1c(N=O)oc2ccccc12. The maximum absolute atomic E-state index is 10.6. The topological polar surface area (TPSA) is 63.8 Å². The largest absolute Gasteiger partial charge is 0.434 e. The summed E-state index contributed by atoms with van der Waals surface area (Å²) >= 11 is 0. The van der Waals surface area contributed by atoms with E-state index in [2.05, 4.69) is 17.2 Å². The van der Waals surface area contributed by atoms with Gasteiger partial charge in [-0.05, 0) is 12.1 Å². The highest BCUT2D eigenvalue weighted by atomic mass is 16.6. The van der Waals surface area contributed by atoms with Gasteiger partial charge in [0.25, 0.3) is 5.88 Å². The third-order valence-corrected chi connectivity index (χ3v) is 2.04. The third kappa shape index (κ3) is 1.80. The predicted octanol–water partition coefficient (Wildman–Crippen LogP) is 3.36. The Morgan fingerprint density at radius 2 is 2.31 bits per heavy atom. The van der Waals surface area contributed by atoms with Crippen molar-refractivity contribution in [3.8, 4) is 0 Å². The summed E-state index contributed by atoms with van der Waals surface area (Å²) in [5.74, 6) is -0.0229. The molecule has 0 aliphatic carbocycles. The number of anilines is 1. The predicted molar refractivity (Wildman–Crippen MR) is 61.4 cm³/mol. The molecule has 1 aromatic carbocycles. The molecule has 2 aromatic rings. The van der Waals surface area contributed by atoms with Gasteiger partial charge in [-0.25, -0.2) is 0 Å². The minimum atomic E-state index is -0.0229. The Labute approximate surface area is 91.6 Å². The quantitative estimate of drug-likeness (QED) is 0.361. The number of para-hydroxylation sites is 1. The van der Waals surface area contributed by atoms with Crippen molar-refractivity contribution in [2.45, 2.75) is 0 Å². The summed E-state index contributed by atoms with van der Waals surface area (Å²) in [6.07, 6.45) is 1.59. The highest BCUT2D eigenvalue weighted by molar-refractivity contribution is 5.95. The molecule has 0 aliphatic heterocycles. The Morgan fingerprint density at radius 3 is 3.06 bits per heavy atom. The first kappa shape index (κ1) is 10.4. The van der Waals surface area contributed by atoms with E-state index in [0.29, 0.717) is 17.9 Å². The van der Waals surface area contributed by atoms with Crippen molar-refractivity contribution < 1.29 is 9.25 Å². The van der Waals surface area contributed by atoms with Crippen LogP contribution in [0.15, 0.2) is 46.5 Å². The Hall–Kier alpha value is -2.14. The summed E-state index contributed by atoms with van der Waals surface area (Å²) in [4.78, 5) is 15.6. The van der Waals surface area contributed by atoms with E-state index in [9.17, 15) is 4.91 Å². The van der Waals surface area contributed by atoms with Crippen LogP contribution >= 0.6 is 0 Å². The molecule has 1 aromatic heterocycles. The van der Waals surface area contributed by atoms with E-state index in [1.807, 2.05) is 18.2 Å². The van der Waals surface area contributed by atoms with E-state index in [1.165, 1.54) is 0 Å². The Kier molecular flexibility index (Phi) is 2.98. The first-order valence-electron chi connectivity index (χ1n) is 4.70. The van der Waals surface area contributed by atoms with Crippen LogP contribution < -0.4 is 5.48 Å². The molecule has 5 heteroatoms. The van der Waals surface area contributed by atoms with Crippen LogP contribution in [0.2, 0.25) is 0 Å². The van der Waals surface area contributed by atoms with Gasteiger partial charge in [0.15, 0.2) is 0 Å². The van der Waals surface area contributed by atoms with E-state index in [0.717, 1.165) is 5.39 Å². The van der Waals surface area contributed by atoms with Crippen molar-refractivity contribution in [1.82, 2.24) is 0 Å². The lowest BCUT2D eigenvalue weighted by molar-refractivity contribution is 0.229. The number of nitrogens with one attached hydrogen (secondary N) is 1. The zero-order valence-corrected chi connectivity index (χ0v) is 8.47. The highest BCUT2D eigenvalue weighted by Gasteiger charge is 2.14. The van der Waals surface area contributed by atoms with Gasteiger partial charge in [-0.1, -0.05) is 18.2 Å². The second kappa shape index (κ2) is 4.59. The lowest BCUT2D eigenvalue weighted by atomic mass is 10.2. The summed E-state index contributed by atoms with van der Waals surface area (Å²) in [7, 11) is 0. The second-order valence-electron chi connectivity index (χ2n) is 3.07. The first-order valence-corrected chi connectivity index (χ1v) is 4.70. The minimum absolute atomic E-state index is 0.0229. The van der Waals surface area contributed by atoms with Crippen molar-refractivity contribution in [2.24, 2.45) is 5.18 Å². The molecule has 0 aliphatic rings. The van der Waals surface area contributed by atoms with Gasteiger partial charge in [0, 0.05) is 10.6 Å². The van der Waals surface area contributed by atoms with E-state index in [4.69, 9.17) is 9.25 Å². The number of nitrogens with zero attached hydrogens (tertiary/aromatic N) is 1. The molecule has 0 fully saturated rings. The average Bonchev–Trinajstić information content (AvgIpc) is 2.68. The Bertz CT molecular complexity index is 519. The molecule has 0 bridgehead atoms. The molecule has 0 saturated heterocycles. The smallest absolute Gasteiger partial charge is 0.287 e. The van der Waals surface area contributed by atoms with Crippen LogP contribution in [-0.4, -0.2) is 6.61 Å². The molecule has 0 saturated carbocycles. The molecule has 1 N–H and O–H groups in total. The van der Waals surface area contributed by atoms with Crippen LogP contribution in [0.3, 0.4) is 0 Å². The van der Waals surface area contributed by atoms with E-state index >= 15 is 0 Å². The van der Waals surface area contributed by atoms with Crippen LogP contribution in [0.1, 0.15) is 0 Å².